The molecular weight excluding hydrogens is 217 g/mol. The van der Waals surface area contributed by atoms with Gasteiger partial charge in [-0.2, -0.15) is 0 Å². The molecule has 0 aliphatic heterocycles. The van der Waals surface area contributed by atoms with Crippen LogP contribution in [0.5, 0.6) is 0 Å². The van der Waals surface area contributed by atoms with E-state index in [2.05, 4.69) is 4.31 Å². The van der Waals surface area contributed by atoms with Crippen LogP contribution in [0.25, 0.3) is 0 Å². The van der Waals surface area contributed by atoms with Crippen LogP contribution in [0.15, 0.2) is 0 Å². The van der Waals surface area contributed by atoms with Gasteiger partial charge >= 0.3 is 16.5 Å². The highest BCUT2D eigenvalue weighted by molar-refractivity contribution is 7.46. The van der Waals surface area contributed by atoms with Crippen LogP contribution in [-0.4, -0.2) is 27.4 Å². The summed E-state index contributed by atoms with van der Waals surface area (Å²) in [6, 6.07) is 0. The highest BCUT2D eigenvalue weighted by atomic mass is 35.5. The molecule has 0 radical (unpaired) electrons. The first-order valence-corrected chi connectivity index (χ1v) is 5.01. The largest absolute Gasteiger partial charge is 0.745 e. The third-order valence-electron chi connectivity index (χ3n) is 0.224. The van der Waals surface area contributed by atoms with Gasteiger partial charge in [-0.3, -0.25) is 0 Å². The van der Waals surface area contributed by atoms with Crippen molar-refractivity contribution in [3.05, 3.63) is 0 Å². The molecular formula is C2H7ClO6P2+2. The van der Waals surface area contributed by atoms with Gasteiger partial charge in [0.15, 0.2) is 4.31 Å². The summed E-state index contributed by atoms with van der Waals surface area (Å²) in [6.45, 7) is 0.0849. The number of alkyl halides is 1. The Balaban J connectivity index is 0. The summed E-state index contributed by atoms with van der Waals surface area (Å²) in [5.41, 5.74) is 0. The molecule has 0 spiro atoms. The van der Waals surface area contributed by atoms with Crippen LogP contribution >= 0.6 is 28.1 Å². The first-order valence-electron chi connectivity index (χ1n) is 2.21. The third-order valence-corrected chi connectivity index (χ3v) is 1.51. The maximum Gasteiger partial charge on any atom is 0.745 e. The molecule has 2 unspecified atom stereocenters. The average molecular weight is 224 g/mol. The van der Waals surface area contributed by atoms with Crippen LogP contribution in [0.4, 0.5) is 0 Å². The van der Waals surface area contributed by atoms with E-state index in [0.717, 1.165) is 0 Å². The monoisotopic (exact) mass is 224 g/mol. The van der Waals surface area contributed by atoms with Gasteiger partial charge in [-0.15, -0.1) is 21.4 Å². The second-order valence-corrected chi connectivity index (χ2v) is 2.95. The van der Waals surface area contributed by atoms with Gasteiger partial charge in [0.1, 0.15) is 0 Å². The first kappa shape index (κ1) is 13.9. The van der Waals surface area contributed by atoms with Gasteiger partial charge in [0.25, 0.3) is 0 Å². The van der Waals surface area contributed by atoms with Crippen molar-refractivity contribution in [1.29, 1.82) is 0 Å². The quantitative estimate of drug-likeness (QED) is 0.477. The molecule has 3 N–H and O–H groups in total. The normalized spacial score (nSPS) is 11.3. The van der Waals surface area contributed by atoms with E-state index in [1.807, 2.05) is 0 Å². The molecule has 0 aromatic rings. The van der Waals surface area contributed by atoms with E-state index in [4.69, 9.17) is 26.5 Å². The average Bonchev–Trinajstić information content (AvgIpc) is 1.85. The fourth-order valence-corrected chi connectivity index (χ4v) is 0.538. The number of rotatable bonds is 3. The van der Waals surface area contributed by atoms with Crippen molar-refractivity contribution >= 4 is 28.1 Å². The summed E-state index contributed by atoms with van der Waals surface area (Å²) >= 11 is 4.94. The summed E-state index contributed by atoms with van der Waals surface area (Å²) < 4.78 is 22.2. The number of aliphatic hydroxyl groups is 1. The van der Waals surface area contributed by atoms with E-state index in [1.165, 1.54) is 0 Å². The SMILES string of the molecule is O=[P+](O)O[P+](=O)O.OCCCl. The number of halogens is 1. The third kappa shape index (κ3) is 25.2. The first-order chi connectivity index (χ1) is 5.04. The van der Waals surface area contributed by atoms with Crippen LogP contribution in [0.2, 0.25) is 0 Å². The summed E-state index contributed by atoms with van der Waals surface area (Å²) in [5.74, 6) is 0.347. The topological polar surface area (TPSA) is 104 Å². The number of aliphatic hydroxyl groups excluding tert-OH is 1. The second kappa shape index (κ2) is 10.3. The fourth-order valence-electron chi connectivity index (χ4n) is 0.0598. The minimum absolute atomic E-state index is 0.0849. The second-order valence-electron chi connectivity index (χ2n) is 0.970. The Kier molecular flexibility index (Phi) is 13.0. The van der Waals surface area contributed by atoms with Crippen LogP contribution < -0.4 is 0 Å². The Labute approximate surface area is 69.7 Å². The zero-order valence-electron chi connectivity index (χ0n) is 5.25. The van der Waals surface area contributed by atoms with Crippen molar-refractivity contribution < 1.29 is 28.3 Å². The molecule has 11 heavy (non-hydrogen) atoms. The molecule has 0 heterocycles. The van der Waals surface area contributed by atoms with E-state index >= 15 is 0 Å². The van der Waals surface area contributed by atoms with E-state index in [1.54, 1.807) is 0 Å². The van der Waals surface area contributed by atoms with Gasteiger partial charge in [0.2, 0.25) is 0 Å². The highest BCUT2D eigenvalue weighted by Gasteiger charge is 2.31. The lowest BCUT2D eigenvalue weighted by Gasteiger charge is -1.67. The van der Waals surface area contributed by atoms with Crippen molar-refractivity contribution in [2.45, 2.75) is 0 Å². The molecule has 0 aliphatic rings. The Morgan fingerprint density at radius 3 is 1.55 bits per heavy atom. The van der Waals surface area contributed by atoms with Gasteiger partial charge in [0.05, 0.1) is 6.61 Å². The lowest BCUT2D eigenvalue weighted by molar-refractivity contribution is 0.321. The molecule has 6 nitrogen and oxygen atoms in total. The number of hydrogen-bond donors (Lipinski definition) is 3. The summed E-state index contributed by atoms with van der Waals surface area (Å²) in [4.78, 5) is 15.3. The Morgan fingerprint density at radius 1 is 1.27 bits per heavy atom. The zero-order valence-corrected chi connectivity index (χ0v) is 7.80. The summed E-state index contributed by atoms with van der Waals surface area (Å²) in [7, 11) is -5.85. The molecule has 66 valence electrons. The Hall–Kier alpha value is 0.330. The summed E-state index contributed by atoms with van der Waals surface area (Å²) in [6.07, 6.45) is 0. The maximum atomic E-state index is 9.39. The van der Waals surface area contributed by atoms with Gasteiger partial charge in [-0.25, -0.2) is 0 Å². The molecule has 0 rings (SSSR count). The lowest BCUT2D eigenvalue weighted by Crippen LogP contribution is -1.76. The van der Waals surface area contributed by atoms with Crippen molar-refractivity contribution in [2.75, 3.05) is 12.5 Å². The van der Waals surface area contributed by atoms with Crippen molar-refractivity contribution in [1.82, 2.24) is 0 Å². The minimum Gasteiger partial charge on any atom is -0.395 e. The van der Waals surface area contributed by atoms with Crippen LogP contribution in [0, 0.1) is 0 Å². The highest BCUT2D eigenvalue weighted by Crippen LogP contribution is 2.30. The van der Waals surface area contributed by atoms with Crippen LogP contribution in [0.1, 0.15) is 0 Å². The molecule has 0 aromatic carbocycles. The number of hydrogen-bond acceptors (Lipinski definition) is 4. The maximum absolute atomic E-state index is 9.39. The summed E-state index contributed by atoms with van der Waals surface area (Å²) in [5, 5.41) is 7.74. The molecule has 0 amide bonds. The standard InChI is InChI=1S/C2H5ClO.O5P2/c3-1-2-4;1-6(2)5-7(3)4/h4H,1-2H2;/p+2. The predicted octanol–water partition coefficient (Wildman–Crippen LogP) is 0.520. The smallest absolute Gasteiger partial charge is 0.395 e. The van der Waals surface area contributed by atoms with E-state index in [-0.39, 0.29) is 6.61 Å². The molecule has 0 aliphatic carbocycles. The van der Waals surface area contributed by atoms with Crippen molar-refractivity contribution in [2.24, 2.45) is 0 Å². The van der Waals surface area contributed by atoms with Gasteiger partial charge in [-0.1, -0.05) is 0 Å². The molecule has 0 saturated carbocycles. The molecule has 9 heteroatoms. The van der Waals surface area contributed by atoms with E-state index in [0.29, 0.717) is 5.88 Å². The Morgan fingerprint density at radius 2 is 1.55 bits per heavy atom. The van der Waals surface area contributed by atoms with Crippen LogP contribution in [0.3, 0.4) is 0 Å². The lowest BCUT2D eigenvalue weighted by atomic mass is 10.9. The van der Waals surface area contributed by atoms with Gasteiger partial charge in [-0.05, 0) is 0 Å². The van der Waals surface area contributed by atoms with Gasteiger partial charge in [0, 0.05) is 15.0 Å². The molecule has 0 bridgehead atoms. The zero-order chi connectivity index (χ0) is 9.28. The van der Waals surface area contributed by atoms with Crippen molar-refractivity contribution in [3.8, 4) is 0 Å². The van der Waals surface area contributed by atoms with Gasteiger partial charge < -0.3 is 5.11 Å². The van der Waals surface area contributed by atoms with Crippen molar-refractivity contribution in [3.63, 3.8) is 0 Å². The molecule has 0 saturated heterocycles. The fraction of sp³-hybridized carbons (Fsp3) is 1.00. The predicted molar refractivity (Wildman–Crippen MR) is 38.5 cm³/mol. The Bertz CT molecular complexity index is 114. The van der Waals surface area contributed by atoms with E-state index < -0.39 is 16.5 Å². The molecule has 2 atom stereocenters. The van der Waals surface area contributed by atoms with Crippen LogP contribution in [-0.2, 0) is 13.4 Å². The minimum atomic E-state index is -2.92. The molecule has 0 fully saturated rings. The van der Waals surface area contributed by atoms with E-state index in [9.17, 15) is 9.13 Å². The molecule has 0 aromatic heterocycles.